The van der Waals surface area contributed by atoms with Gasteiger partial charge in [0.05, 0.1) is 12.3 Å². The maximum absolute atomic E-state index is 13.5. The highest BCUT2D eigenvalue weighted by Crippen LogP contribution is 2.38. The van der Waals surface area contributed by atoms with Crippen LogP contribution < -0.4 is 10.1 Å². The Hall–Kier alpha value is -5.04. The average molecular weight is 547 g/mol. The van der Waals surface area contributed by atoms with Crippen LogP contribution in [-0.2, 0) is 19.6 Å². The van der Waals surface area contributed by atoms with Crippen molar-refractivity contribution in [1.82, 2.24) is 10.2 Å². The molecule has 7 heteroatoms. The molecular weight excluding hydrogens is 516 g/mol. The molecule has 0 saturated heterocycles. The molecule has 5 aromatic rings. The summed E-state index contributed by atoms with van der Waals surface area (Å²) in [5.41, 5.74) is 5.34. The van der Waals surface area contributed by atoms with Gasteiger partial charge in [-0.2, -0.15) is 0 Å². The second-order valence-corrected chi connectivity index (χ2v) is 10.1. The fraction of sp³-hybridized carbons (Fsp3) is 0.176. The van der Waals surface area contributed by atoms with E-state index in [0.29, 0.717) is 30.4 Å². The summed E-state index contributed by atoms with van der Waals surface area (Å²) in [4.78, 5) is 27.9. The van der Waals surface area contributed by atoms with Gasteiger partial charge in [0.1, 0.15) is 18.1 Å². The molecule has 2 amide bonds. The molecule has 0 radical (unpaired) electrons. The monoisotopic (exact) mass is 546 g/mol. The van der Waals surface area contributed by atoms with Crippen LogP contribution >= 0.6 is 0 Å². The van der Waals surface area contributed by atoms with E-state index >= 15 is 0 Å². The van der Waals surface area contributed by atoms with Crippen molar-refractivity contribution in [2.75, 3.05) is 6.54 Å². The topological polar surface area (TPSA) is 84.9 Å². The maximum atomic E-state index is 13.5. The molecule has 0 bridgehead atoms. The third-order valence-electron chi connectivity index (χ3n) is 7.26. The summed E-state index contributed by atoms with van der Waals surface area (Å²) in [5.74, 6) is 1.32. The number of carbonyl (C=O) groups excluding carboxylic acids is 2. The van der Waals surface area contributed by atoms with Gasteiger partial charge >= 0.3 is 0 Å². The zero-order valence-corrected chi connectivity index (χ0v) is 22.7. The van der Waals surface area contributed by atoms with E-state index in [1.807, 2.05) is 66.4 Å². The first-order valence-corrected chi connectivity index (χ1v) is 13.6. The second-order valence-electron chi connectivity index (χ2n) is 10.1. The van der Waals surface area contributed by atoms with Crippen molar-refractivity contribution in [2.45, 2.75) is 32.5 Å². The summed E-state index contributed by atoms with van der Waals surface area (Å²) in [6.07, 6.45) is 2.25. The molecule has 3 heterocycles. The number of carbonyl (C=O) groups is 2. The van der Waals surface area contributed by atoms with E-state index in [0.717, 1.165) is 28.7 Å². The molecule has 6 rings (SSSR count). The number of aryl methyl sites for hydroxylation is 1. The number of furan rings is 2. The van der Waals surface area contributed by atoms with Crippen LogP contribution in [-0.4, -0.2) is 23.3 Å². The van der Waals surface area contributed by atoms with Gasteiger partial charge < -0.3 is 23.8 Å². The van der Waals surface area contributed by atoms with E-state index in [1.54, 1.807) is 24.3 Å². The summed E-state index contributed by atoms with van der Waals surface area (Å²) in [6, 6.07) is 30.5. The number of benzene rings is 3. The quantitative estimate of drug-likeness (QED) is 0.241. The first-order chi connectivity index (χ1) is 20.0. The van der Waals surface area contributed by atoms with Crippen LogP contribution in [0.4, 0.5) is 0 Å². The standard InChI is InChI=1S/C34H30N2O5/c1-23-7-5-10-26(19-23)32-29-20-27(13-12-25(29)16-17-36(32)34(38)31-11-6-18-39-31)40-22-28-14-15-30(41-28)33(37)35-21-24-8-3-2-4-9-24/h2-15,18-20,32H,16-17,21-22H2,1H3,(H,35,37)/t32-/m0/s1. The molecule has 7 nitrogen and oxygen atoms in total. The fourth-order valence-corrected chi connectivity index (χ4v) is 5.24. The minimum absolute atomic E-state index is 0.146. The SMILES string of the molecule is Cc1cccc([C@H]2c3cc(OCc4ccc(C(=O)NCc5ccccc5)o4)ccc3CCN2C(=O)c2ccco2)c1. The van der Waals surface area contributed by atoms with Crippen LogP contribution in [0.15, 0.2) is 112 Å². The summed E-state index contributed by atoms with van der Waals surface area (Å²) >= 11 is 0. The molecule has 206 valence electrons. The van der Waals surface area contributed by atoms with Gasteiger partial charge in [-0.15, -0.1) is 0 Å². The molecule has 0 spiro atoms. The Morgan fingerprint density at radius 1 is 0.927 bits per heavy atom. The zero-order chi connectivity index (χ0) is 28.2. The van der Waals surface area contributed by atoms with E-state index in [-0.39, 0.29) is 30.2 Å². The maximum Gasteiger partial charge on any atom is 0.290 e. The molecule has 1 N–H and O–H groups in total. The number of amides is 2. The third-order valence-corrected chi connectivity index (χ3v) is 7.26. The number of ether oxygens (including phenoxy) is 1. The molecule has 0 fully saturated rings. The van der Waals surface area contributed by atoms with Crippen molar-refractivity contribution in [3.8, 4) is 5.75 Å². The van der Waals surface area contributed by atoms with Gasteiger partial charge in [-0.3, -0.25) is 9.59 Å². The lowest BCUT2D eigenvalue weighted by Crippen LogP contribution is -2.40. The van der Waals surface area contributed by atoms with Crippen LogP contribution in [0.2, 0.25) is 0 Å². The largest absolute Gasteiger partial charge is 0.486 e. The molecule has 1 atom stereocenters. The summed E-state index contributed by atoms with van der Waals surface area (Å²) in [6.45, 7) is 3.20. The normalized spacial score (nSPS) is 14.4. The van der Waals surface area contributed by atoms with Crippen molar-refractivity contribution >= 4 is 11.8 Å². The van der Waals surface area contributed by atoms with Crippen molar-refractivity contribution in [1.29, 1.82) is 0 Å². The second kappa shape index (κ2) is 11.6. The lowest BCUT2D eigenvalue weighted by atomic mass is 9.87. The number of nitrogens with zero attached hydrogens (tertiary/aromatic N) is 1. The smallest absolute Gasteiger partial charge is 0.290 e. The van der Waals surface area contributed by atoms with Crippen molar-refractivity contribution in [3.63, 3.8) is 0 Å². The minimum Gasteiger partial charge on any atom is -0.486 e. The number of nitrogens with one attached hydrogen (secondary N) is 1. The summed E-state index contributed by atoms with van der Waals surface area (Å²) in [7, 11) is 0. The Bertz CT molecular complexity index is 1660. The molecule has 2 aromatic heterocycles. The Morgan fingerprint density at radius 2 is 1.80 bits per heavy atom. The lowest BCUT2D eigenvalue weighted by molar-refractivity contribution is 0.0661. The van der Waals surface area contributed by atoms with Crippen LogP contribution in [0, 0.1) is 6.92 Å². The number of rotatable bonds is 8. The lowest BCUT2D eigenvalue weighted by Gasteiger charge is -2.37. The van der Waals surface area contributed by atoms with Gasteiger partial charge in [0.25, 0.3) is 11.8 Å². The Balaban J connectivity index is 1.19. The Labute approximate surface area is 238 Å². The number of hydrogen-bond donors (Lipinski definition) is 1. The first kappa shape index (κ1) is 26.2. The number of hydrogen-bond acceptors (Lipinski definition) is 5. The van der Waals surface area contributed by atoms with E-state index < -0.39 is 0 Å². The molecular formula is C34H30N2O5. The van der Waals surface area contributed by atoms with Gasteiger partial charge in [0.15, 0.2) is 11.5 Å². The van der Waals surface area contributed by atoms with Gasteiger partial charge in [-0.05, 0) is 72.0 Å². The highest BCUT2D eigenvalue weighted by molar-refractivity contribution is 5.92. The highest BCUT2D eigenvalue weighted by atomic mass is 16.5. The predicted octanol–water partition coefficient (Wildman–Crippen LogP) is 6.48. The number of fused-ring (bicyclic) bond motifs is 1. The third kappa shape index (κ3) is 5.79. The van der Waals surface area contributed by atoms with Gasteiger partial charge in [0, 0.05) is 13.1 Å². The average Bonchev–Trinajstić information content (AvgIpc) is 3.71. The van der Waals surface area contributed by atoms with E-state index in [9.17, 15) is 9.59 Å². The van der Waals surface area contributed by atoms with Crippen LogP contribution in [0.25, 0.3) is 0 Å². The predicted molar refractivity (Wildman–Crippen MR) is 154 cm³/mol. The van der Waals surface area contributed by atoms with E-state index in [2.05, 4.69) is 23.5 Å². The molecule has 0 aliphatic carbocycles. The van der Waals surface area contributed by atoms with Gasteiger partial charge in [-0.25, -0.2) is 0 Å². The van der Waals surface area contributed by atoms with E-state index in [4.69, 9.17) is 13.6 Å². The van der Waals surface area contributed by atoms with Crippen molar-refractivity contribution < 1.29 is 23.2 Å². The van der Waals surface area contributed by atoms with Crippen molar-refractivity contribution in [3.05, 3.63) is 148 Å². The summed E-state index contributed by atoms with van der Waals surface area (Å²) in [5, 5.41) is 2.87. The molecule has 0 unspecified atom stereocenters. The van der Waals surface area contributed by atoms with Crippen LogP contribution in [0.5, 0.6) is 5.75 Å². The van der Waals surface area contributed by atoms with E-state index in [1.165, 1.54) is 11.8 Å². The molecule has 0 saturated carbocycles. The molecule has 41 heavy (non-hydrogen) atoms. The fourth-order valence-electron chi connectivity index (χ4n) is 5.24. The first-order valence-electron chi connectivity index (χ1n) is 13.6. The molecule has 1 aliphatic heterocycles. The van der Waals surface area contributed by atoms with Gasteiger partial charge in [0.2, 0.25) is 0 Å². The minimum atomic E-state index is -0.289. The molecule has 3 aromatic carbocycles. The van der Waals surface area contributed by atoms with Crippen LogP contribution in [0.3, 0.4) is 0 Å². The zero-order valence-electron chi connectivity index (χ0n) is 22.7. The highest BCUT2D eigenvalue weighted by Gasteiger charge is 2.34. The molecule has 1 aliphatic rings. The Morgan fingerprint density at radius 3 is 2.61 bits per heavy atom. The summed E-state index contributed by atoms with van der Waals surface area (Å²) < 4.78 is 17.3. The van der Waals surface area contributed by atoms with Gasteiger partial charge in [-0.1, -0.05) is 66.2 Å². The Kier molecular flexibility index (Phi) is 7.41. The van der Waals surface area contributed by atoms with Crippen molar-refractivity contribution in [2.24, 2.45) is 0 Å². The van der Waals surface area contributed by atoms with Crippen LogP contribution in [0.1, 0.15) is 60.7 Å².